The lowest BCUT2D eigenvalue weighted by Gasteiger charge is -2.06. The molecule has 4 nitrogen and oxygen atoms in total. The highest BCUT2D eigenvalue weighted by Crippen LogP contribution is 2.23. The number of pyridine rings is 1. The van der Waals surface area contributed by atoms with Crippen molar-refractivity contribution in [2.45, 2.75) is 6.92 Å². The number of carbonyl (C=O) groups excluding carboxylic acids is 1. The summed E-state index contributed by atoms with van der Waals surface area (Å²) in [6.45, 7) is 1.89. The van der Waals surface area contributed by atoms with Gasteiger partial charge in [0.25, 0.3) is 0 Å². The van der Waals surface area contributed by atoms with E-state index in [9.17, 15) is 4.79 Å². The smallest absolute Gasteiger partial charge is 0.337 e. The van der Waals surface area contributed by atoms with Crippen LogP contribution >= 0.6 is 15.9 Å². The number of ether oxygens (including phenoxy) is 2. The van der Waals surface area contributed by atoms with E-state index in [2.05, 4.69) is 25.7 Å². The first-order chi connectivity index (χ1) is 9.10. The lowest BCUT2D eigenvalue weighted by Crippen LogP contribution is -2.00. The molecule has 0 amide bonds. The summed E-state index contributed by atoms with van der Waals surface area (Å²) in [6, 6.07) is 10.3. The van der Waals surface area contributed by atoms with Crippen LogP contribution in [0.5, 0.6) is 11.6 Å². The lowest BCUT2D eigenvalue weighted by atomic mass is 10.2. The second-order valence-electron chi connectivity index (χ2n) is 3.83. The van der Waals surface area contributed by atoms with Crippen molar-refractivity contribution in [1.29, 1.82) is 0 Å². The van der Waals surface area contributed by atoms with Gasteiger partial charge in [0.15, 0.2) is 0 Å². The summed E-state index contributed by atoms with van der Waals surface area (Å²) in [4.78, 5) is 15.6. The Kier molecular flexibility index (Phi) is 4.16. The van der Waals surface area contributed by atoms with E-state index in [-0.39, 0.29) is 5.97 Å². The van der Waals surface area contributed by atoms with Gasteiger partial charge in [0.1, 0.15) is 5.75 Å². The zero-order valence-electron chi connectivity index (χ0n) is 10.5. The van der Waals surface area contributed by atoms with Crippen LogP contribution in [0.15, 0.2) is 40.9 Å². The first-order valence-electron chi connectivity index (χ1n) is 5.59. The number of hydrogen-bond donors (Lipinski definition) is 0. The van der Waals surface area contributed by atoms with Crippen LogP contribution in [-0.4, -0.2) is 18.1 Å². The largest absolute Gasteiger partial charge is 0.465 e. The monoisotopic (exact) mass is 321 g/mol. The fourth-order valence-corrected chi connectivity index (χ4v) is 1.70. The second kappa shape index (κ2) is 5.84. The zero-order valence-corrected chi connectivity index (χ0v) is 12.1. The summed E-state index contributed by atoms with van der Waals surface area (Å²) in [5, 5.41) is 0. The van der Waals surface area contributed by atoms with Gasteiger partial charge in [0.05, 0.1) is 18.4 Å². The number of hydrogen-bond acceptors (Lipinski definition) is 4. The zero-order chi connectivity index (χ0) is 13.8. The van der Waals surface area contributed by atoms with Crippen molar-refractivity contribution >= 4 is 21.9 Å². The Balaban J connectivity index is 2.15. The van der Waals surface area contributed by atoms with Crippen molar-refractivity contribution in [1.82, 2.24) is 4.98 Å². The van der Waals surface area contributed by atoms with E-state index < -0.39 is 0 Å². The average molecular weight is 322 g/mol. The van der Waals surface area contributed by atoms with E-state index in [1.807, 2.05) is 13.0 Å². The Morgan fingerprint density at radius 1 is 1.16 bits per heavy atom. The molecule has 98 valence electrons. The van der Waals surface area contributed by atoms with E-state index in [1.54, 1.807) is 30.3 Å². The van der Waals surface area contributed by atoms with Gasteiger partial charge < -0.3 is 9.47 Å². The predicted octanol–water partition coefficient (Wildman–Crippen LogP) is 3.73. The molecule has 1 aromatic carbocycles. The molecule has 0 unspecified atom stereocenters. The van der Waals surface area contributed by atoms with Crippen LogP contribution in [0.25, 0.3) is 0 Å². The van der Waals surface area contributed by atoms with Crippen LogP contribution in [0.4, 0.5) is 0 Å². The number of carbonyl (C=O) groups is 1. The first kappa shape index (κ1) is 13.5. The van der Waals surface area contributed by atoms with Crippen molar-refractivity contribution in [2.24, 2.45) is 0 Å². The maximum Gasteiger partial charge on any atom is 0.337 e. The minimum absolute atomic E-state index is 0.371. The van der Waals surface area contributed by atoms with Crippen LogP contribution in [0.1, 0.15) is 16.1 Å². The van der Waals surface area contributed by atoms with Gasteiger partial charge in [-0.2, -0.15) is 0 Å². The molecule has 2 rings (SSSR count). The SMILES string of the molecule is COC(=O)c1ccc(Oc2ccc(Br)c(C)n2)cc1. The van der Waals surface area contributed by atoms with E-state index in [1.165, 1.54) is 7.11 Å². The van der Waals surface area contributed by atoms with E-state index in [4.69, 9.17) is 4.74 Å². The third-order valence-corrected chi connectivity index (χ3v) is 3.33. The fraction of sp³-hybridized carbons (Fsp3) is 0.143. The Bertz CT molecular complexity index is 596. The third-order valence-electron chi connectivity index (χ3n) is 2.49. The Morgan fingerprint density at radius 2 is 1.84 bits per heavy atom. The first-order valence-corrected chi connectivity index (χ1v) is 6.39. The van der Waals surface area contributed by atoms with Gasteiger partial charge in [-0.25, -0.2) is 9.78 Å². The summed E-state index contributed by atoms with van der Waals surface area (Å²) in [7, 11) is 1.35. The maximum absolute atomic E-state index is 11.3. The van der Waals surface area contributed by atoms with E-state index in [0.29, 0.717) is 17.2 Å². The minimum atomic E-state index is -0.371. The molecule has 0 N–H and O–H groups in total. The molecule has 0 spiro atoms. The molecular formula is C14H12BrNO3. The van der Waals surface area contributed by atoms with Crippen molar-refractivity contribution in [3.63, 3.8) is 0 Å². The maximum atomic E-state index is 11.3. The number of rotatable bonds is 3. The van der Waals surface area contributed by atoms with E-state index in [0.717, 1.165) is 10.2 Å². The van der Waals surface area contributed by atoms with Gasteiger partial charge in [-0.05, 0) is 53.2 Å². The van der Waals surface area contributed by atoms with Gasteiger partial charge in [0, 0.05) is 10.5 Å². The standard InChI is InChI=1S/C14H12BrNO3/c1-9-12(15)7-8-13(16-9)19-11-5-3-10(4-6-11)14(17)18-2/h3-8H,1-2H3. The Hall–Kier alpha value is -1.88. The highest BCUT2D eigenvalue weighted by atomic mass is 79.9. The normalized spacial score (nSPS) is 10.1. The molecule has 5 heteroatoms. The fourth-order valence-electron chi connectivity index (χ4n) is 1.48. The van der Waals surface area contributed by atoms with Crippen molar-refractivity contribution < 1.29 is 14.3 Å². The third kappa shape index (κ3) is 3.32. The average Bonchev–Trinajstić information content (AvgIpc) is 2.43. The Labute approximate surface area is 119 Å². The molecule has 1 heterocycles. The van der Waals surface area contributed by atoms with E-state index >= 15 is 0 Å². The van der Waals surface area contributed by atoms with Crippen LogP contribution in [0.2, 0.25) is 0 Å². The molecule has 0 aliphatic heterocycles. The molecule has 19 heavy (non-hydrogen) atoms. The van der Waals surface area contributed by atoms with Crippen molar-refractivity contribution in [3.05, 3.63) is 52.1 Å². The number of nitrogens with zero attached hydrogens (tertiary/aromatic N) is 1. The number of aromatic nitrogens is 1. The molecule has 0 aliphatic carbocycles. The van der Waals surface area contributed by atoms with Crippen LogP contribution < -0.4 is 4.74 Å². The van der Waals surface area contributed by atoms with Gasteiger partial charge in [-0.3, -0.25) is 0 Å². The number of methoxy groups -OCH3 is 1. The summed E-state index contributed by atoms with van der Waals surface area (Å²) in [5.74, 6) is 0.748. The Morgan fingerprint density at radius 3 is 2.42 bits per heavy atom. The van der Waals surface area contributed by atoms with Crippen LogP contribution in [0.3, 0.4) is 0 Å². The minimum Gasteiger partial charge on any atom is -0.465 e. The van der Waals surface area contributed by atoms with Gasteiger partial charge in [-0.1, -0.05) is 0 Å². The second-order valence-corrected chi connectivity index (χ2v) is 4.69. The number of esters is 1. The quantitative estimate of drug-likeness (QED) is 0.808. The highest BCUT2D eigenvalue weighted by molar-refractivity contribution is 9.10. The van der Waals surface area contributed by atoms with Gasteiger partial charge in [0.2, 0.25) is 5.88 Å². The molecule has 0 fully saturated rings. The van der Waals surface area contributed by atoms with Crippen molar-refractivity contribution in [3.8, 4) is 11.6 Å². The lowest BCUT2D eigenvalue weighted by molar-refractivity contribution is 0.0600. The number of aryl methyl sites for hydroxylation is 1. The van der Waals surface area contributed by atoms with Crippen LogP contribution in [0, 0.1) is 6.92 Å². The predicted molar refractivity (Wildman–Crippen MR) is 74.5 cm³/mol. The summed E-state index contributed by atoms with van der Waals surface area (Å²) < 4.78 is 11.2. The van der Waals surface area contributed by atoms with Gasteiger partial charge in [-0.15, -0.1) is 0 Å². The highest BCUT2D eigenvalue weighted by Gasteiger charge is 2.06. The molecule has 0 saturated heterocycles. The molecule has 2 aromatic rings. The topological polar surface area (TPSA) is 48.4 Å². The molecular weight excluding hydrogens is 310 g/mol. The van der Waals surface area contributed by atoms with Gasteiger partial charge >= 0.3 is 5.97 Å². The molecule has 0 radical (unpaired) electrons. The summed E-state index contributed by atoms with van der Waals surface area (Å²) >= 11 is 3.38. The molecule has 1 aromatic heterocycles. The number of benzene rings is 1. The molecule has 0 aliphatic rings. The molecule has 0 bridgehead atoms. The van der Waals surface area contributed by atoms with Crippen LogP contribution in [-0.2, 0) is 4.74 Å². The molecule has 0 atom stereocenters. The summed E-state index contributed by atoms with van der Waals surface area (Å²) in [5.41, 5.74) is 1.33. The van der Waals surface area contributed by atoms with Crippen molar-refractivity contribution in [2.75, 3.05) is 7.11 Å². The summed E-state index contributed by atoms with van der Waals surface area (Å²) in [6.07, 6.45) is 0. The molecule has 0 saturated carbocycles. The number of halogens is 1.